The van der Waals surface area contributed by atoms with Crippen molar-refractivity contribution in [2.75, 3.05) is 5.75 Å². The van der Waals surface area contributed by atoms with Crippen LogP contribution in [0.4, 0.5) is 0 Å². The van der Waals surface area contributed by atoms with Crippen LogP contribution >= 0.6 is 11.8 Å². The van der Waals surface area contributed by atoms with Gasteiger partial charge in [-0.3, -0.25) is 9.78 Å². The zero-order valence-corrected chi connectivity index (χ0v) is 15.7. The first kappa shape index (κ1) is 17.8. The zero-order chi connectivity index (χ0) is 18.8. The van der Waals surface area contributed by atoms with Crippen LogP contribution in [0.25, 0.3) is 11.3 Å². The van der Waals surface area contributed by atoms with Gasteiger partial charge in [-0.25, -0.2) is 4.98 Å². The van der Waals surface area contributed by atoms with Crippen molar-refractivity contribution in [1.29, 1.82) is 0 Å². The Morgan fingerprint density at radius 3 is 2.96 bits per heavy atom. The summed E-state index contributed by atoms with van der Waals surface area (Å²) in [4.78, 5) is 21.5. The van der Waals surface area contributed by atoms with Crippen LogP contribution in [0.1, 0.15) is 34.8 Å². The van der Waals surface area contributed by atoms with Gasteiger partial charge < -0.3 is 15.0 Å². The maximum Gasteiger partial charge on any atom is 0.251 e. The number of pyridine rings is 1. The SMILES string of the molecule is C[C@H](O)c1cccc(-c2cccc(C(=O)NCc3cn4c(n3)SCC4)c2)n1. The standard InChI is InChI=1S/C20H20N4O2S/c1-13(25)17-6-3-7-18(23-17)14-4-2-5-15(10-14)19(26)21-11-16-12-24-8-9-27-20(24)22-16/h2-7,10,12-13,25H,8-9,11H2,1H3,(H,21,26)/t13-/m0/s1. The van der Waals surface area contributed by atoms with E-state index in [0.29, 0.717) is 17.8 Å². The van der Waals surface area contributed by atoms with Crippen LogP contribution in [-0.4, -0.2) is 31.3 Å². The predicted molar refractivity (Wildman–Crippen MR) is 104 cm³/mol. The molecule has 1 aliphatic rings. The summed E-state index contributed by atoms with van der Waals surface area (Å²) in [6.45, 7) is 3.06. The largest absolute Gasteiger partial charge is 0.387 e. The lowest BCUT2D eigenvalue weighted by molar-refractivity contribution is 0.0950. The highest BCUT2D eigenvalue weighted by atomic mass is 32.2. The topological polar surface area (TPSA) is 80.0 Å². The van der Waals surface area contributed by atoms with Crippen molar-refractivity contribution in [2.45, 2.75) is 31.3 Å². The van der Waals surface area contributed by atoms with Gasteiger partial charge in [0.2, 0.25) is 0 Å². The lowest BCUT2D eigenvalue weighted by atomic mass is 10.1. The average molecular weight is 380 g/mol. The molecule has 0 spiro atoms. The number of hydrogen-bond donors (Lipinski definition) is 2. The minimum atomic E-state index is -0.633. The van der Waals surface area contributed by atoms with E-state index in [9.17, 15) is 9.90 Å². The molecule has 138 valence electrons. The Morgan fingerprint density at radius 2 is 2.15 bits per heavy atom. The fourth-order valence-electron chi connectivity index (χ4n) is 2.98. The lowest BCUT2D eigenvalue weighted by Crippen LogP contribution is -2.23. The molecule has 7 heteroatoms. The van der Waals surface area contributed by atoms with E-state index in [4.69, 9.17) is 0 Å². The summed E-state index contributed by atoms with van der Waals surface area (Å²) in [5.41, 5.74) is 3.60. The van der Waals surface area contributed by atoms with Crippen molar-refractivity contribution in [3.63, 3.8) is 0 Å². The number of carbonyl (C=O) groups is 1. The lowest BCUT2D eigenvalue weighted by Gasteiger charge is -2.08. The summed E-state index contributed by atoms with van der Waals surface area (Å²) in [5.74, 6) is 0.913. The second kappa shape index (κ2) is 7.54. The summed E-state index contributed by atoms with van der Waals surface area (Å²) in [5, 5.41) is 13.7. The number of fused-ring (bicyclic) bond motifs is 1. The Balaban J connectivity index is 1.48. The zero-order valence-electron chi connectivity index (χ0n) is 14.9. The summed E-state index contributed by atoms with van der Waals surface area (Å²) in [6.07, 6.45) is 1.36. The molecule has 1 amide bonds. The molecule has 1 aliphatic heterocycles. The minimum absolute atomic E-state index is 0.149. The molecular formula is C20H20N4O2S. The molecule has 3 aromatic rings. The number of rotatable bonds is 5. The van der Waals surface area contributed by atoms with E-state index in [1.54, 1.807) is 30.8 Å². The van der Waals surface area contributed by atoms with Gasteiger partial charge in [0.1, 0.15) is 0 Å². The number of hydrogen-bond acceptors (Lipinski definition) is 5. The molecule has 6 nitrogen and oxygen atoms in total. The van der Waals surface area contributed by atoms with Crippen molar-refractivity contribution in [1.82, 2.24) is 19.9 Å². The molecule has 2 N–H and O–H groups in total. The average Bonchev–Trinajstić information content (AvgIpc) is 3.28. The van der Waals surface area contributed by atoms with Crippen molar-refractivity contribution in [2.24, 2.45) is 0 Å². The third kappa shape index (κ3) is 3.89. The molecular weight excluding hydrogens is 360 g/mol. The Hall–Kier alpha value is -2.64. The smallest absolute Gasteiger partial charge is 0.251 e. The maximum atomic E-state index is 12.5. The number of aliphatic hydroxyl groups excluding tert-OH is 1. The van der Waals surface area contributed by atoms with E-state index in [0.717, 1.165) is 34.4 Å². The Labute approximate surface area is 161 Å². The van der Waals surface area contributed by atoms with Gasteiger partial charge in [0.05, 0.1) is 29.7 Å². The Morgan fingerprint density at radius 1 is 1.30 bits per heavy atom. The van der Waals surface area contributed by atoms with Crippen molar-refractivity contribution in [3.8, 4) is 11.3 Å². The number of nitrogens with zero attached hydrogens (tertiary/aromatic N) is 3. The monoisotopic (exact) mass is 380 g/mol. The van der Waals surface area contributed by atoms with E-state index < -0.39 is 6.10 Å². The molecule has 0 saturated heterocycles. The first-order valence-electron chi connectivity index (χ1n) is 8.82. The molecule has 27 heavy (non-hydrogen) atoms. The third-order valence-electron chi connectivity index (χ3n) is 4.40. The molecule has 0 aliphatic carbocycles. The number of carbonyl (C=O) groups excluding carboxylic acids is 1. The van der Waals surface area contributed by atoms with Crippen molar-refractivity contribution in [3.05, 3.63) is 65.6 Å². The van der Waals surface area contributed by atoms with Gasteiger partial charge in [-0.2, -0.15) is 0 Å². The molecule has 0 bridgehead atoms. The Bertz CT molecular complexity index is 962. The number of nitrogens with one attached hydrogen (secondary N) is 1. The fraction of sp³-hybridized carbons (Fsp3) is 0.250. The molecule has 0 unspecified atom stereocenters. The number of aryl methyl sites for hydroxylation is 1. The highest BCUT2D eigenvalue weighted by Crippen LogP contribution is 2.24. The van der Waals surface area contributed by atoms with Gasteiger partial charge >= 0.3 is 0 Å². The van der Waals surface area contributed by atoms with Gasteiger partial charge in [0.25, 0.3) is 5.91 Å². The number of imidazole rings is 1. The highest BCUT2D eigenvalue weighted by molar-refractivity contribution is 7.99. The van der Waals surface area contributed by atoms with E-state index in [-0.39, 0.29) is 5.91 Å². The summed E-state index contributed by atoms with van der Waals surface area (Å²) in [7, 11) is 0. The molecule has 4 rings (SSSR count). The maximum absolute atomic E-state index is 12.5. The summed E-state index contributed by atoms with van der Waals surface area (Å²) < 4.78 is 2.12. The molecule has 1 aromatic carbocycles. The van der Waals surface area contributed by atoms with Crippen LogP contribution < -0.4 is 5.32 Å². The number of benzene rings is 1. The first-order valence-corrected chi connectivity index (χ1v) is 9.81. The number of thioether (sulfide) groups is 1. The first-order chi connectivity index (χ1) is 13.1. The number of aromatic nitrogens is 3. The predicted octanol–water partition coefficient (Wildman–Crippen LogP) is 3.03. The van der Waals surface area contributed by atoms with Crippen LogP contribution in [0.3, 0.4) is 0 Å². The van der Waals surface area contributed by atoms with Crippen molar-refractivity contribution < 1.29 is 9.90 Å². The van der Waals surface area contributed by atoms with Crippen LogP contribution in [0.15, 0.2) is 53.8 Å². The van der Waals surface area contributed by atoms with Crippen LogP contribution in [0, 0.1) is 0 Å². The minimum Gasteiger partial charge on any atom is -0.387 e. The summed E-state index contributed by atoms with van der Waals surface area (Å²) >= 11 is 1.74. The highest BCUT2D eigenvalue weighted by Gasteiger charge is 2.15. The van der Waals surface area contributed by atoms with Crippen LogP contribution in [0.5, 0.6) is 0 Å². The van der Waals surface area contributed by atoms with E-state index >= 15 is 0 Å². The summed E-state index contributed by atoms with van der Waals surface area (Å²) in [6, 6.07) is 12.8. The third-order valence-corrected chi connectivity index (χ3v) is 5.37. The molecule has 1 atom stereocenters. The van der Waals surface area contributed by atoms with Gasteiger partial charge in [-0.15, -0.1) is 0 Å². The van der Waals surface area contributed by atoms with E-state index in [2.05, 4.69) is 19.9 Å². The normalized spacial score (nSPS) is 14.0. The Kier molecular flexibility index (Phi) is 4.96. The fourth-order valence-corrected chi connectivity index (χ4v) is 3.95. The molecule has 0 saturated carbocycles. The van der Waals surface area contributed by atoms with Gasteiger partial charge in [0.15, 0.2) is 5.16 Å². The van der Waals surface area contributed by atoms with Crippen LogP contribution in [0.2, 0.25) is 0 Å². The van der Waals surface area contributed by atoms with E-state index in [1.807, 2.05) is 36.5 Å². The van der Waals surface area contributed by atoms with Gasteiger partial charge in [0, 0.05) is 29.6 Å². The van der Waals surface area contributed by atoms with Gasteiger partial charge in [-0.1, -0.05) is 30.0 Å². The second-order valence-corrected chi connectivity index (χ2v) is 7.51. The molecule has 0 fully saturated rings. The second-order valence-electron chi connectivity index (χ2n) is 6.44. The van der Waals surface area contributed by atoms with Crippen molar-refractivity contribution >= 4 is 17.7 Å². The molecule has 0 radical (unpaired) electrons. The van der Waals surface area contributed by atoms with Crippen LogP contribution in [-0.2, 0) is 13.1 Å². The number of amides is 1. The van der Waals surface area contributed by atoms with Gasteiger partial charge in [-0.05, 0) is 31.2 Å². The molecule has 3 heterocycles. The van der Waals surface area contributed by atoms with E-state index in [1.165, 1.54) is 0 Å². The quantitative estimate of drug-likeness (QED) is 0.711. The number of aliphatic hydroxyl groups is 1. The molecule has 2 aromatic heterocycles.